The summed E-state index contributed by atoms with van der Waals surface area (Å²) in [4.78, 5) is 8.87. The minimum atomic E-state index is 0. The van der Waals surface area contributed by atoms with Crippen LogP contribution < -0.4 is 5.32 Å². The monoisotopic (exact) mass is 315 g/mol. The van der Waals surface area contributed by atoms with Crippen LogP contribution in [0.5, 0.6) is 0 Å². The Morgan fingerprint density at radius 2 is 2.05 bits per heavy atom. The highest BCUT2D eigenvalue weighted by Crippen LogP contribution is 2.37. The van der Waals surface area contributed by atoms with Gasteiger partial charge in [0, 0.05) is 17.5 Å². The zero-order chi connectivity index (χ0) is 13.2. The lowest BCUT2D eigenvalue weighted by molar-refractivity contribution is 0.174. The number of halogens is 1. The summed E-state index contributed by atoms with van der Waals surface area (Å²) in [5.74, 6) is 0.880. The largest absolute Gasteiger partial charge is 0.317 e. The van der Waals surface area contributed by atoms with Crippen LogP contribution in [0.15, 0.2) is 0 Å². The van der Waals surface area contributed by atoms with Gasteiger partial charge in [0.05, 0.1) is 10.7 Å². The summed E-state index contributed by atoms with van der Waals surface area (Å²) >= 11 is 1.92. The fourth-order valence-electron chi connectivity index (χ4n) is 3.54. The smallest absolute Gasteiger partial charge is 0.0900 e. The average molecular weight is 316 g/mol. The maximum absolute atomic E-state index is 4.71. The minimum Gasteiger partial charge on any atom is -0.317 e. The Bertz CT molecular complexity index is 429. The molecular weight excluding hydrogens is 290 g/mol. The number of nitrogens with one attached hydrogen (secondary N) is 1. The van der Waals surface area contributed by atoms with Gasteiger partial charge in [-0.25, -0.2) is 4.98 Å². The van der Waals surface area contributed by atoms with Crippen molar-refractivity contribution in [3.63, 3.8) is 0 Å². The van der Waals surface area contributed by atoms with Crippen LogP contribution in [0.2, 0.25) is 0 Å². The standard InChI is InChI=1S/C15H25N3S.ClH/c1-11-17-13-4-3-5-14(15(13)19-11)18(2)10-12-6-8-16-9-7-12;/h12,14,16H,3-10H2,1-2H3;1H. The first kappa shape index (κ1) is 16.2. The second-order valence-corrected chi connectivity index (χ2v) is 7.32. The van der Waals surface area contributed by atoms with Gasteiger partial charge < -0.3 is 5.32 Å². The molecule has 0 aromatic carbocycles. The normalized spacial score (nSPS) is 23.4. The lowest BCUT2D eigenvalue weighted by Gasteiger charge is -2.34. The second-order valence-electron chi connectivity index (χ2n) is 6.08. The summed E-state index contributed by atoms with van der Waals surface area (Å²) in [6, 6.07) is 0.629. The van der Waals surface area contributed by atoms with Crippen molar-refractivity contribution in [1.29, 1.82) is 0 Å². The zero-order valence-electron chi connectivity index (χ0n) is 12.5. The SMILES string of the molecule is Cc1nc2c(s1)C(N(C)CC1CCNCC1)CCC2.Cl. The van der Waals surface area contributed by atoms with Crippen molar-refractivity contribution in [3.05, 3.63) is 15.6 Å². The third kappa shape index (κ3) is 3.53. The van der Waals surface area contributed by atoms with Crippen LogP contribution in [0.4, 0.5) is 0 Å². The van der Waals surface area contributed by atoms with E-state index >= 15 is 0 Å². The molecule has 0 spiro atoms. The fraction of sp³-hybridized carbons (Fsp3) is 0.800. The predicted octanol–water partition coefficient (Wildman–Crippen LogP) is 3.18. The third-order valence-corrected chi connectivity index (χ3v) is 5.68. The molecule has 114 valence electrons. The van der Waals surface area contributed by atoms with E-state index in [2.05, 4.69) is 24.2 Å². The molecule has 0 bridgehead atoms. The number of piperidine rings is 1. The number of aryl methyl sites for hydroxylation is 2. The summed E-state index contributed by atoms with van der Waals surface area (Å²) in [6.07, 6.45) is 6.49. The summed E-state index contributed by atoms with van der Waals surface area (Å²) < 4.78 is 0. The maximum atomic E-state index is 4.71. The molecule has 1 fully saturated rings. The predicted molar refractivity (Wildman–Crippen MR) is 88.0 cm³/mol. The molecule has 1 unspecified atom stereocenters. The molecule has 1 aromatic heterocycles. The third-order valence-electron chi connectivity index (χ3n) is 4.57. The first-order chi connectivity index (χ1) is 9.24. The molecule has 1 aromatic rings. The van der Waals surface area contributed by atoms with Gasteiger partial charge in [-0.05, 0) is 65.1 Å². The lowest BCUT2D eigenvalue weighted by atomic mass is 9.93. The summed E-state index contributed by atoms with van der Waals surface area (Å²) in [5, 5.41) is 4.70. The van der Waals surface area contributed by atoms with Crippen LogP contribution in [0.25, 0.3) is 0 Å². The molecule has 1 saturated heterocycles. The summed E-state index contributed by atoms with van der Waals surface area (Å²) in [5.41, 5.74) is 1.39. The molecule has 20 heavy (non-hydrogen) atoms. The molecule has 2 heterocycles. The molecule has 1 aliphatic carbocycles. The van der Waals surface area contributed by atoms with E-state index in [1.54, 1.807) is 4.88 Å². The highest BCUT2D eigenvalue weighted by atomic mass is 35.5. The molecule has 5 heteroatoms. The van der Waals surface area contributed by atoms with Gasteiger partial charge in [-0.15, -0.1) is 23.7 Å². The van der Waals surface area contributed by atoms with Crippen LogP contribution in [-0.4, -0.2) is 36.6 Å². The zero-order valence-corrected chi connectivity index (χ0v) is 14.2. The Balaban J connectivity index is 0.00000147. The van der Waals surface area contributed by atoms with Crippen LogP contribution in [0.3, 0.4) is 0 Å². The van der Waals surface area contributed by atoms with Gasteiger partial charge in [0.15, 0.2) is 0 Å². The van der Waals surface area contributed by atoms with Crippen molar-refractivity contribution in [3.8, 4) is 0 Å². The van der Waals surface area contributed by atoms with Crippen LogP contribution in [-0.2, 0) is 6.42 Å². The summed E-state index contributed by atoms with van der Waals surface area (Å²) in [7, 11) is 2.32. The average Bonchev–Trinajstić information content (AvgIpc) is 2.79. The number of hydrogen-bond donors (Lipinski definition) is 1. The fourth-order valence-corrected chi connectivity index (χ4v) is 4.71. The van der Waals surface area contributed by atoms with E-state index in [1.807, 2.05) is 11.3 Å². The number of fused-ring (bicyclic) bond motifs is 1. The molecule has 1 aliphatic heterocycles. The molecule has 0 radical (unpaired) electrons. The van der Waals surface area contributed by atoms with E-state index in [1.165, 1.54) is 62.4 Å². The van der Waals surface area contributed by atoms with Gasteiger partial charge in [0.2, 0.25) is 0 Å². The van der Waals surface area contributed by atoms with Gasteiger partial charge in [0.1, 0.15) is 0 Å². The van der Waals surface area contributed by atoms with Crippen molar-refractivity contribution in [2.45, 2.75) is 45.1 Å². The lowest BCUT2D eigenvalue weighted by Crippen LogP contribution is -2.36. The first-order valence-electron chi connectivity index (χ1n) is 7.61. The molecule has 0 amide bonds. The molecule has 2 aliphatic rings. The van der Waals surface area contributed by atoms with Crippen LogP contribution in [0.1, 0.15) is 47.3 Å². The Kier molecular flexibility index (Phi) is 5.84. The highest BCUT2D eigenvalue weighted by Gasteiger charge is 2.28. The van der Waals surface area contributed by atoms with Crippen LogP contribution >= 0.6 is 23.7 Å². The quantitative estimate of drug-likeness (QED) is 0.928. The van der Waals surface area contributed by atoms with Gasteiger partial charge >= 0.3 is 0 Å². The van der Waals surface area contributed by atoms with Gasteiger partial charge in [-0.3, -0.25) is 4.90 Å². The molecule has 1 N–H and O–H groups in total. The van der Waals surface area contributed by atoms with Gasteiger partial charge in [-0.2, -0.15) is 0 Å². The number of nitrogens with zero attached hydrogens (tertiary/aromatic N) is 2. The Hall–Kier alpha value is -0.160. The van der Waals surface area contributed by atoms with Crippen molar-refractivity contribution >= 4 is 23.7 Å². The highest BCUT2D eigenvalue weighted by molar-refractivity contribution is 7.11. The van der Waals surface area contributed by atoms with Crippen LogP contribution in [0, 0.1) is 12.8 Å². The molecule has 3 rings (SSSR count). The maximum Gasteiger partial charge on any atom is 0.0900 e. The molecule has 0 saturated carbocycles. The Morgan fingerprint density at radius 3 is 2.80 bits per heavy atom. The number of rotatable bonds is 3. The Morgan fingerprint density at radius 1 is 1.30 bits per heavy atom. The van der Waals surface area contributed by atoms with Crippen molar-refractivity contribution in [1.82, 2.24) is 15.2 Å². The van der Waals surface area contributed by atoms with Gasteiger partial charge in [-0.1, -0.05) is 0 Å². The van der Waals surface area contributed by atoms with E-state index in [4.69, 9.17) is 4.98 Å². The van der Waals surface area contributed by atoms with E-state index in [-0.39, 0.29) is 12.4 Å². The van der Waals surface area contributed by atoms with Gasteiger partial charge in [0.25, 0.3) is 0 Å². The number of hydrogen-bond acceptors (Lipinski definition) is 4. The van der Waals surface area contributed by atoms with E-state index in [0.29, 0.717) is 6.04 Å². The first-order valence-corrected chi connectivity index (χ1v) is 8.43. The molecule has 3 nitrogen and oxygen atoms in total. The van der Waals surface area contributed by atoms with Crippen molar-refractivity contribution in [2.75, 3.05) is 26.7 Å². The number of thiazole rings is 1. The van der Waals surface area contributed by atoms with Crippen molar-refractivity contribution < 1.29 is 0 Å². The second kappa shape index (κ2) is 7.21. The van der Waals surface area contributed by atoms with E-state index in [9.17, 15) is 0 Å². The van der Waals surface area contributed by atoms with Crippen molar-refractivity contribution in [2.24, 2.45) is 5.92 Å². The Labute approximate surface area is 132 Å². The summed E-state index contributed by atoms with van der Waals surface area (Å²) in [6.45, 7) is 5.80. The van der Waals surface area contributed by atoms with E-state index in [0.717, 1.165) is 5.92 Å². The molecule has 1 atom stereocenters. The van der Waals surface area contributed by atoms with E-state index < -0.39 is 0 Å². The minimum absolute atomic E-state index is 0. The molecular formula is C15H26ClN3S. The number of aromatic nitrogens is 1. The topological polar surface area (TPSA) is 28.2 Å².